The average Bonchev–Trinajstić information content (AvgIpc) is 3.58. The van der Waals surface area contributed by atoms with Crippen molar-refractivity contribution in [2.24, 2.45) is 0 Å². The highest BCUT2D eigenvalue weighted by Crippen LogP contribution is 2.66. The Morgan fingerprint density at radius 1 is 1.28 bits per heavy atom. The van der Waals surface area contributed by atoms with E-state index in [0.29, 0.717) is 0 Å². The minimum Gasteiger partial charge on any atom is -0.387 e. The molecule has 0 amide bonds. The third-order valence-electron chi connectivity index (χ3n) is 2.95. The maximum Gasteiger partial charge on any atom is 0.490 e. The zero-order valence-corrected chi connectivity index (χ0v) is 18.8. The molecule has 1 saturated heterocycles. The quantitative estimate of drug-likeness (QED) is 0.0989. The van der Waals surface area contributed by atoms with Gasteiger partial charge in [0.15, 0.2) is 16.0 Å². The summed E-state index contributed by atoms with van der Waals surface area (Å²) < 4.78 is 247. The van der Waals surface area contributed by atoms with Crippen molar-refractivity contribution in [3.05, 3.63) is 16.7 Å². The normalized spacial score (nSPS) is 43.8. The Morgan fingerprint density at radius 3 is 2.56 bits per heavy atom. The van der Waals surface area contributed by atoms with Crippen LogP contribution in [0.4, 0.5) is 5.95 Å². The second-order valence-electron chi connectivity index (χ2n) is 5.14. The van der Waals surface area contributed by atoms with Crippen LogP contribution < -0.4 is 35.8 Å². The highest BCUT2D eigenvalue weighted by atomic mass is 31.3. The summed E-state index contributed by atoms with van der Waals surface area (Å²) >= 11 is 0. The van der Waals surface area contributed by atoms with Gasteiger partial charge in [-0.05, 0) is 0 Å². The van der Waals surface area contributed by atoms with Crippen LogP contribution in [0.1, 0.15) is 15.8 Å². The first kappa shape index (κ1) is 10.4. The van der Waals surface area contributed by atoms with Crippen LogP contribution in [0.5, 0.6) is 0 Å². The summed E-state index contributed by atoms with van der Waals surface area (Å²) in [6, 6.07) is 0. The van der Waals surface area contributed by atoms with E-state index in [0.717, 1.165) is 0 Å². The highest BCUT2D eigenvalue weighted by molar-refractivity contribution is 7.66. The lowest BCUT2D eigenvalue weighted by molar-refractivity contribution is -0.0503. The molecule has 1 fully saturated rings. The Kier molecular flexibility index (Phi) is 3.68. The second-order valence-corrected chi connectivity index (χ2v) is 9.31. The van der Waals surface area contributed by atoms with Crippen molar-refractivity contribution < 1.29 is 92.2 Å². The number of ether oxygens (including phenoxy) is 1. The molecule has 36 heavy (non-hydrogen) atoms. The van der Waals surface area contributed by atoms with Gasteiger partial charge in [-0.2, -0.15) is 13.6 Å². The van der Waals surface area contributed by atoms with Crippen LogP contribution in [-0.4, -0.2) is 82.7 Å². The molecule has 3 heterocycles. The molecule has 6 atom stereocenters. The van der Waals surface area contributed by atoms with Crippen molar-refractivity contribution in [2.45, 2.75) is 24.4 Å². The number of phosphoric ester groups is 1. The number of aliphatic hydroxyl groups is 2. The average molecular weight is 619 g/mol. The first-order valence-corrected chi connectivity index (χ1v) is 11.5. The molecule has 23 nitrogen and oxygen atoms in total. The predicted molar refractivity (Wildman–Crippen MR) is 118 cm³/mol. The molecule has 26 heteroatoms. The molecule has 0 radical (unpaired) electrons. The number of hydrogen-bond donors (Lipinski definition) is 12. The zero-order chi connectivity index (χ0) is 51.4. The summed E-state index contributed by atoms with van der Waals surface area (Å²) in [5.41, 5.74) is -4.18. The van der Waals surface area contributed by atoms with E-state index in [-0.39, 0.29) is 34.1 Å². The van der Waals surface area contributed by atoms with Gasteiger partial charge in [0.1, 0.15) is 42.2 Å². The molecule has 2 aromatic rings. The second kappa shape index (κ2) is 12.7. The predicted octanol–water partition coefficient (Wildman–Crippen LogP) is -1.69. The fraction of sp³-hybridized carbons (Fsp3) is 0.500. The number of imidazole rings is 1. The Hall–Kier alpha value is -1.72. The van der Waals surface area contributed by atoms with E-state index < -0.39 is 89.2 Å². The molecule has 2 unspecified atom stereocenters. The fourth-order valence-electron chi connectivity index (χ4n) is 1.93. The van der Waals surface area contributed by atoms with Gasteiger partial charge in [0.2, 0.25) is 14.5 Å². The molecule has 0 spiro atoms. The number of aromatic amines is 1. The SMILES string of the molecule is [2H]N([2H])[2H].[2H]N([2H])[2H].[2H]N([2H])[2H].[2H]N([2H])[2H].[2H]O[C@@]1([2H])[C@@]([2H])(O[2H])[C@]([2H])(n2c([2H])nc3c(=O)nc(N([2H])[2H])n([2H])c32)O[C@]1([2H])C([2H])([2H])OP(=O)(O[2H])OP(=O)(O[2H])OP(=O)(O[2H])O[2H]. The van der Waals surface area contributed by atoms with Gasteiger partial charge in [-0.15, -0.1) is 0 Å². The molecule has 2 aromatic heterocycles. The van der Waals surface area contributed by atoms with Gasteiger partial charge in [0, 0.05) is 0 Å². The van der Waals surface area contributed by atoms with Gasteiger partial charge in [-0.1, -0.05) is 0 Å². The van der Waals surface area contributed by atoms with Crippen molar-refractivity contribution in [2.75, 3.05) is 12.3 Å². The number of anilines is 1. The monoisotopic (exact) mass is 619 g/mol. The molecule has 3 rings (SSSR count). The molecule has 1 aliphatic heterocycles. The number of H-pyrrole nitrogens is 1. The van der Waals surface area contributed by atoms with Gasteiger partial charge in [0.05, 0.1) is 21.1 Å². The Bertz CT molecular complexity index is 1950. The lowest BCUT2D eigenvalue weighted by Crippen LogP contribution is -2.33. The van der Waals surface area contributed by atoms with E-state index in [4.69, 9.17) is 44.1 Å². The van der Waals surface area contributed by atoms with Gasteiger partial charge in [0.25, 0.3) is 0 Å². The van der Waals surface area contributed by atoms with Crippen LogP contribution in [0.25, 0.3) is 11.2 Å². The topological polar surface area (TPSA) is 439 Å². The number of rotatable bonds is 15. The van der Waals surface area contributed by atoms with Crippen molar-refractivity contribution in [3.8, 4) is 0 Å². The van der Waals surface area contributed by atoms with Crippen LogP contribution in [0.3, 0.4) is 0 Å². The molecule has 0 aromatic carbocycles. The third kappa shape index (κ3) is 8.41. The highest BCUT2D eigenvalue weighted by Gasteiger charge is 2.47. The molecule has 0 saturated carbocycles. The summed E-state index contributed by atoms with van der Waals surface area (Å²) in [6.07, 6.45) is -19.6. The van der Waals surface area contributed by atoms with E-state index >= 15 is 0 Å². The minimum atomic E-state index is -6.45. The first-order chi connectivity index (χ1) is 28.8. The van der Waals surface area contributed by atoms with Crippen molar-refractivity contribution in [1.82, 2.24) is 44.0 Å². The van der Waals surface area contributed by atoms with E-state index in [2.05, 4.69) is 52.9 Å². The number of nitrogen functional groups attached to an aromatic ring is 1. The maximum absolute atomic E-state index is 13.1. The number of nitrogens with two attached hydrogens (primary N) is 1. The van der Waals surface area contributed by atoms with Crippen LogP contribution in [0.15, 0.2) is 11.1 Å². The summed E-state index contributed by atoms with van der Waals surface area (Å²) in [6.45, 7) is -4.64. The van der Waals surface area contributed by atoms with Crippen molar-refractivity contribution in [1.29, 1.82) is 8.59 Å². The maximum atomic E-state index is 13.1. The molecular weight excluding hydrogens is 563 g/mol. The van der Waals surface area contributed by atoms with Crippen LogP contribution >= 0.6 is 23.5 Å². The molecule has 212 valence electrons. The Morgan fingerprint density at radius 2 is 1.97 bits per heavy atom. The summed E-state index contributed by atoms with van der Waals surface area (Å²) in [5.74, 6) is -1.19. The van der Waals surface area contributed by atoms with Gasteiger partial charge in [-0.25, -0.2) is 18.7 Å². The smallest absolute Gasteiger partial charge is 0.387 e. The Balaban J connectivity index is 0. The summed E-state index contributed by atoms with van der Waals surface area (Å²) in [5, 5.41) is 8.11. The molecule has 1 aliphatic rings. The Labute approximate surface area is 241 Å². The molecule has 21 N–H and O–H groups in total. The lowest BCUT2D eigenvalue weighted by Gasteiger charge is -2.19. The van der Waals surface area contributed by atoms with Crippen LogP contribution in [0.2, 0.25) is 21.2 Å². The van der Waals surface area contributed by atoms with Gasteiger partial charge >= 0.3 is 29.0 Å². The number of hydrogen-bond acceptors (Lipinski definition) is 21. The van der Waals surface area contributed by atoms with Gasteiger partial charge < -0.3 is 69.8 Å². The first-order valence-electron chi connectivity index (χ1n) is 19.8. The minimum absolute atomic E-state index is 0.137. The molecule has 0 aliphatic carbocycles. The van der Waals surface area contributed by atoms with E-state index in [1.807, 2.05) is 0 Å². The van der Waals surface area contributed by atoms with Crippen molar-refractivity contribution in [3.63, 3.8) is 0 Å². The standard InChI is InChI=1S/C10H16N5O14P3.4H3N/c11-10-13-7-4(8(18)14-10)12-2-15(7)9-6(17)5(16)3(27-9)1-26-31(22,23)29-32(24,25)28-30(19,20)21;;;;/h2-3,5-6,9,16-17H,1H2,(H,22,23)(H,24,25)(H2,19,20,21)(H3,11,13,14,18);4*1H3/t3-,5-,6-,9-;;;;/m1..../s1/i1D2,2D,3D,5D,6D,9D,16D,17D;;;;/hD19. The third-order valence-corrected chi connectivity index (χ3v) is 6.47. The number of nitrogens with zero attached hydrogens (tertiary/aromatic N) is 3. The van der Waals surface area contributed by atoms with E-state index in [1.165, 1.54) is 0 Å². The summed E-state index contributed by atoms with van der Waals surface area (Å²) in [4.78, 5) is 32.6. The number of fused-ring (bicyclic) bond motifs is 1. The fourth-order valence-corrected chi connectivity index (χ4v) is 4.61. The van der Waals surface area contributed by atoms with Crippen molar-refractivity contribution >= 4 is 40.6 Å². The van der Waals surface area contributed by atoms with Gasteiger partial charge in [-0.3, -0.25) is 13.9 Å². The number of phosphoric acid groups is 3. The molecular formula is C10H28N9O14P3. The molecule has 0 bridgehead atoms. The largest absolute Gasteiger partial charge is 0.490 e. The van der Waals surface area contributed by atoms with Crippen LogP contribution in [0, 0.1) is 0 Å². The van der Waals surface area contributed by atoms with Crippen LogP contribution in [-0.2, 0) is 31.6 Å². The number of aromatic nitrogens is 4. The zero-order valence-electron chi connectivity index (χ0n) is 44.1. The lowest BCUT2D eigenvalue weighted by atomic mass is 10.1. The van der Waals surface area contributed by atoms with E-state index in [9.17, 15) is 18.5 Å². The number of nitrogens with one attached hydrogen (secondary N) is 1. The van der Waals surface area contributed by atoms with E-state index in [1.54, 1.807) is 0 Å². The summed E-state index contributed by atoms with van der Waals surface area (Å²) in [7, 11) is -18.3.